The van der Waals surface area contributed by atoms with E-state index in [4.69, 9.17) is 0 Å². The van der Waals surface area contributed by atoms with Gasteiger partial charge in [0.1, 0.15) is 0 Å². The minimum atomic E-state index is 0.179. The van der Waals surface area contributed by atoms with Gasteiger partial charge in [0, 0.05) is 0 Å². The lowest BCUT2D eigenvalue weighted by Gasteiger charge is -2.25. The highest BCUT2D eigenvalue weighted by molar-refractivity contribution is 7.00. The van der Waals surface area contributed by atoms with E-state index in [9.17, 15) is 0 Å². The Balaban J connectivity index is 1.76. The van der Waals surface area contributed by atoms with Gasteiger partial charge in [-0.25, -0.2) is 0 Å². The summed E-state index contributed by atoms with van der Waals surface area (Å²) in [5.41, 5.74) is 20.4. The molecule has 0 saturated heterocycles. The molecule has 0 spiro atoms. The van der Waals surface area contributed by atoms with Gasteiger partial charge in [0.25, 0.3) is 0 Å². The molecule has 0 unspecified atom stereocenters. The molecule has 6 rings (SSSR count). The molecule has 37 heavy (non-hydrogen) atoms. The summed E-state index contributed by atoms with van der Waals surface area (Å²) < 4.78 is 0. The maximum absolute atomic E-state index is 2.35. The van der Waals surface area contributed by atoms with Crippen molar-refractivity contribution >= 4 is 23.1 Å². The van der Waals surface area contributed by atoms with Crippen LogP contribution in [0.25, 0.3) is 33.4 Å². The number of benzene rings is 5. The molecule has 0 N–H and O–H groups in total. The van der Waals surface area contributed by atoms with Crippen molar-refractivity contribution in [1.29, 1.82) is 0 Å². The van der Waals surface area contributed by atoms with Crippen molar-refractivity contribution in [1.82, 2.24) is 0 Å². The Bertz CT molecular complexity index is 1520. The van der Waals surface area contributed by atoms with E-state index < -0.39 is 0 Å². The summed E-state index contributed by atoms with van der Waals surface area (Å²) in [5.74, 6) is 0. The second-order valence-corrected chi connectivity index (χ2v) is 10.9. The van der Waals surface area contributed by atoms with Crippen LogP contribution < -0.4 is 16.4 Å². The van der Waals surface area contributed by atoms with Gasteiger partial charge in [-0.1, -0.05) is 119 Å². The Morgan fingerprint density at radius 1 is 0.405 bits per heavy atom. The van der Waals surface area contributed by atoms with E-state index >= 15 is 0 Å². The van der Waals surface area contributed by atoms with Crippen LogP contribution in [0.5, 0.6) is 0 Å². The molecule has 1 aliphatic heterocycles. The summed E-state index contributed by atoms with van der Waals surface area (Å²) in [6.07, 6.45) is 0. The zero-order valence-corrected chi connectivity index (χ0v) is 22.7. The number of aryl methyl sites for hydroxylation is 6. The predicted octanol–water partition coefficient (Wildman–Crippen LogP) is 7.37. The van der Waals surface area contributed by atoms with Crippen LogP contribution in [0.1, 0.15) is 33.4 Å². The highest BCUT2D eigenvalue weighted by Gasteiger charge is 2.36. The molecule has 0 saturated carbocycles. The molecular weight excluding hydrogens is 443 g/mol. The summed E-state index contributed by atoms with van der Waals surface area (Å²) in [6, 6.07) is 34.3. The van der Waals surface area contributed by atoms with E-state index in [1.807, 2.05) is 0 Å². The zero-order valence-electron chi connectivity index (χ0n) is 22.7. The molecule has 0 amide bonds. The van der Waals surface area contributed by atoms with Crippen LogP contribution in [0, 0.1) is 41.5 Å². The minimum Gasteiger partial charge on any atom is -0.0664 e. The molecule has 5 aromatic rings. The first kappa shape index (κ1) is 23.6. The molecule has 0 bridgehead atoms. The molecule has 0 nitrogen and oxygen atoms in total. The van der Waals surface area contributed by atoms with Crippen LogP contribution >= 0.6 is 0 Å². The molecule has 1 aliphatic rings. The minimum absolute atomic E-state index is 0.179. The van der Waals surface area contributed by atoms with Crippen molar-refractivity contribution in [3.8, 4) is 33.4 Å². The zero-order chi connectivity index (χ0) is 25.8. The first-order chi connectivity index (χ1) is 17.8. The Hall–Kier alpha value is -3.84. The Morgan fingerprint density at radius 2 is 0.757 bits per heavy atom. The lowest BCUT2D eigenvalue weighted by atomic mass is 9.37. The third kappa shape index (κ3) is 3.77. The quantitative estimate of drug-likeness (QED) is 0.234. The summed E-state index contributed by atoms with van der Waals surface area (Å²) in [7, 11) is 0. The summed E-state index contributed by atoms with van der Waals surface area (Å²) >= 11 is 0. The van der Waals surface area contributed by atoms with Gasteiger partial charge in [-0.3, -0.25) is 0 Å². The van der Waals surface area contributed by atoms with E-state index in [1.54, 1.807) is 0 Å². The molecule has 0 radical (unpaired) electrons. The summed E-state index contributed by atoms with van der Waals surface area (Å²) in [5, 5.41) is 0. The van der Waals surface area contributed by atoms with Gasteiger partial charge in [0.05, 0.1) is 0 Å². The average molecular weight is 476 g/mol. The fourth-order valence-electron chi connectivity index (χ4n) is 6.99. The van der Waals surface area contributed by atoms with Crippen LogP contribution in [-0.2, 0) is 0 Å². The molecule has 180 valence electrons. The predicted molar refractivity (Wildman–Crippen MR) is 162 cm³/mol. The van der Waals surface area contributed by atoms with Crippen molar-refractivity contribution in [3.05, 3.63) is 124 Å². The third-order valence-corrected chi connectivity index (χ3v) is 8.12. The number of hydrogen-bond donors (Lipinski definition) is 0. The number of fused-ring (bicyclic) bond motifs is 3. The molecule has 0 fully saturated rings. The van der Waals surface area contributed by atoms with Gasteiger partial charge in [-0.05, 0) is 97.2 Å². The monoisotopic (exact) mass is 476 g/mol. The normalized spacial score (nSPS) is 12.0. The molecule has 5 aromatic carbocycles. The van der Waals surface area contributed by atoms with Gasteiger partial charge in [-0.2, -0.15) is 0 Å². The van der Waals surface area contributed by atoms with E-state index in [0.717, 1.165) is 0 Å². The van der Waals surface area contributed by atoms with Gasteiger partial charge < -0.3 is 0 Å². The van der Waals surface area contributed by atoms with Crippen LogP contribution in [0.15, 0.2) is 91.0 Å². The lowest BCUT2D eigenvalue weighted by Crippen LogP contribution is -2.50. The second-order valence-electron chi connectivity index (χ2n) is 10.9. The topological polar surface area (TPSA) is 0 Å². The average Bonchev–Trinajstić information content (AvgIpc) is 3.17. The maximum Gasteiger partial charge on any atom is 0.244 e. The van der Waals surface area contributed by atoms with Crippen molar-refractivity contribution < 1.29 is 0 Å². The second kappa shape index (κ2) is 8.92. The van der Waals surface area contributed by atoms with Crippen LogP contribution in [0.4, 0.5) is 0 Å². The first-order valence-corrected chi connectivity index (χ1v) is 13.3. The van der Waals surface area contributed by atoms with Crippen molar-refractivity contribution in [2.24, 2.45) is 0 Å². The SMILES string of the molecule is Cc1cc(C)c(-c2cccc(-c3c(C)cc(C)cc3C)c2B2c3ccccc3-c3ccccc32)c(C)c1. The van der Waals surface area contributed by atoms with E-state index in [0.29, 0.717) is 0 Å². The van der Waals surface area contributed by atoms with Crippen LogP contribution in [-0.4, -0.2) is 6.71 Å². The van der Waals surface area contributed by atoms with Crippen molar-refractivity contribution in [2.45, 2.75) is 41.5 Å². The van der Waals surface area contributed by atoms with Crippen molar-refractivity contribution in [3.63, 3.8) is 0 Å². The molecule has 0 aliphatic carbocycles. The molecule has 1 heteroatoms. The first-order valence-electron chi connectivity index (χ1n) is 13.3. The highest BCUT2D eigenvalue weighted by atomic mass is 14.2. The maximum atomic E-state index is 2.35. The van der Waals surface area contributed by atoms with Crippen LogP contribution in [0.2, 0.25) is 0 Å². The van der Waals surface area contributed by atoms with Gasteiger partial charge in [0.2, 0.25) is 6.71 Å². The molecule has 0 aromatic heterocycles. The standard InChI is InChI=1S/C36H33B/c1-22-18-24(3)34(25(4)19-22)30-14-11-15-31(35-26(5)20-23(2)21-27(35)6)36(30)37-32-16-9-7-12-28(32)29-13-8-10-17-33(29)37/h7-21H,1-6H3. The molecule has 1 heterocycles. The summed E-state index contributed by atoms with van der Waals surface area (Å²) in [4.78, 5) is 0. The third-order valence-electron chi connectivity index (χ3n) is 8.12. The molecular formula is C36H33B. The number of hydrogen-bond acceptors (Lipinski definition) is 0. The van der Waals surface area contributed by atoms with E-state index in [-0.39, 0.29) is 6.71 Å². The Morgan fingerprint density at radius 3 is 1.16 bits per heavy atom. The highest BCUT2D eigenvalue weighted by Crippen LogP contribution is 2.35. The molecule has 0 atom stereocenters. The van der Waals surface area contributed by atoms with E-state index in [2.05, 4.69) is 133 Å². The van der Waals surface area contributed by atoms with Gasteiger partial charge in [-0.15, -0.1) is 0 Å². The van der Waals surface area contributed by atoms with Crippen molar-refractivity contribution in [2.75, 3.05) is 0 Å². The number of rotatable bonds is 3. The Labute approximate surface area is 222 Å². The smallest absolute Gasteiger partial charge is 0.0664 e. The largest absolute Gasteiger partial charge is 0.244 e. The van der Waals surface area contributed by atoms with Crippen LogP contribution in [0.3, 0.4) is 0 Å². The fraction of sp³-hybridized carbons (Fsp3) is 0.167. The lowest BCUT2D eigenvalue weighted by molar-refractivity contribution is 1.31. The van der Waals surface area contributed by atoms with Gasteiger partial charge in [0.15, 0.2) is 0 Å². The van der Waals surface area contributed by atoms with Gasteiger partial charge >= 0.3 is 0 Å². The summed E-state index contributed by atoms with van der Waals surface area (Å²) in [6.45, 7) is 13.6. The fourth-order valence-corrected chi connectivity index (χ4v) is 6.99. The van der Waals surface area contributed by atoms with E-state index in [1.165, 1.54) is 83.1 Å². The Kier molecular flexibility index (Phi) is 5.68.